The summed E-state index contributed by atoms with van der Waals surface area (Å²) < 4.78 is 35.6. The van der Waals surface area contributed by atoms with Crippen molar-refractivity contribution in [2.45, 2.75) is 25.4 Å². The van der Waals surface area contributed by atoms with Gasteiger partial charge in [0.2, 0.25) is 0 Å². The van der Waals surface area contributed by atoms with E-state index in [1.807, 2.05) is 38.1 Å². The zero-order chi connectivity index (χ0) is 12.9. The first-order valence-corrected chi connectivity index (χ1v) is 6.37. The minimum Gasteiger partial charge on any atom is -0.309 e. The SMILES string of the molecule is Cc1ccc([C@H](C)NCCSC(F)(F)F)cc1. The molecule has 0 spiro atoms. The van der Waals surface area contributed by atoms with Crippen molar-refractivity contribution in [2.24, 2.45) is 0 Å². The maximum Gasteiger partial charge on any atom is 0.441 e. The van der Waals surface area contributed by atoms with Crippen LogP contribution in [0.1, 0.15) is 24.1 Å². The number of nitrogens with one attached hydrogen (secondary N) is 1. The van der Waals surface area contributed by atoms with E-state index < -0.39 is 5.51 Å². The quantitative estimate of drug-likeness (QED) is 0.809. The van der Waals surface area contributed by atoms with Crippen LogP contribution in [0.25, 0.3) is 0 Å². The van der Waals surface area contributed by atoms with E-state index in [4.69, 9.17) is 0 Å². The fraction of sp³-hybridized carbons (Fsp3) is 0.500. The summed E-state index contributed by atoms with van der Waals surface area (Å²) in [6.45, 7) is 4.30. The lowest BCUT2D eigenvalue weighted by Crippen LogP contribution is -2.22. The van der Waals surface area contributed by atoms with Gasteiger partial charge in [0.25, 0.3) is 0 Å². The van der Waals surface area contributed by atoms with Crippen LogP contribution < -0.4 is 5.32 Å². The molecule has 0 unspecified atom stereocenters. The van der Waals surface area contributed by atoms with Gasteiger partial charge in [-0.1, -0.05) is 29.8 Å². The van der Waals surface area contributed by atoms with Gasteiger partial charge in [-0.05, 0) is 31.2 Å². The second-order valence-electron chi connectivity index (χ2n) is 3.88. The summed E-state index contributed by atoms with van der Waals surface area (Å²) in [6, 6.07) is 8.05. The van der Waals surface area contributed by atoms with Gasteiger partial charge in [0.15, 0.2) is 0 Å². The summed E-state index contributed by atoms with van der Waals surface area (Å²) in [6.07, 6.45) is 0. The Hall–Kier alpha value is -0.680. The number of hydrogen-bond acceptors (Lipinski definition) is 2. The van der Waals surface area contributed by atoms with E-state index >= 15 is 0 Å². The molecule has 1 atom stereocenters. The van der Waals surface area contributed by atoms with E-state index in [0.29, 0.717) is 6.54 Å². The number of rotatable bonds is 5. The molecule has 5 heteroatoms. The van der Waals surface area contributed by atoms with Crippen LogP contribution >= 0.6 is 11.8 Å². The minimum absolute atomic E-state index is 0.0107. The Morgan fingerprint density at radius 2 is 1.82 bits per heavy atom. The molecule has 1 rings (SSSR count). The van der Waals surface area contributed by atoms with Gasteiger partial charge in [-0.25, -0.2) is 0 Å². The molecule has 1 N–H and O–H groups in total. The Morgan fingerprint density at radius 1 is 1.24 bits per heavy atom. The van der Waals surface area contributed by atoms with Gasteiger partial charge >= 0.3 is 5.51 Å². The Morgan fingerprint density at radius 3 is 2.35 bits per heavy atom. The zero-order valence-corrected chi connectivity index (χ0v) is 10.7. The Labute approximate surface area is 104 Å². The van der Waals surface area contributed by atoms with Crippen molar-refractivity contribution in [3.8, 4) is 0 Å². The molecule has 1 aromatic carbocycles. The van der Waals surface area contributed by atoms with Crippen LogP contribution in [0.4, 0.5) is 13.2 Å². The van der Waals surface area contributed by atoms with Crippen LogP contribution in [0.2, 0.25) is 0 Å². The maximum absolute atomic E-state index is 11.9. The van der Waals surface area contributed by atoms with E-state index in [1.165, 1.54) is 5.56 Å². The van der Waals surface area contributed by atoms with E-state index in [0.717, 1.165) is 5.56 Å². The fourth-order valence-corrected chi connectivity index (χ4v) is 1.87. The lowest BCUT2D eigenvalue weighted by Gasteiger charge is -2.14. The first kappa shape index (κ1) is 14.4. The largest absolute Gasteiger partial charge is 0.441 e. The molecule has 0 saturated heterocycles. The molecule has 0 aromatic heterocycles. The predicted molar refractivity (Wildman–Crippen MR) is 66.1 cm³/mol. The van der Waals surface area contributed by atoms with Crippen LogP contribution in [-0.4, -0.2) is 17.8 Å². The molecule has 1 aromatic rings. The molecule has 0 bridgehead atoms. The van der Waals surface area contributed by atoms with Gasteiger partial charge in [-0.2, -0.15) is 13.2 Å². The van der Waals surface area contributed by atoms with E-state index in [9.17, 15) is 13.2 Å². The monoisotopic (exact) mass is 263 g/mol. The lowest BCUT2D eigenvalue weighted by atomic mass is 10.1. The Kier molecular flexibility index (Phi) is 5.33. The molecule has 0 amide bonds. The van der Waals surface area contributed by atoms with Gasteiger partial charge in [0.05, 0.1) is 0 Å². The summed E-state index contributed by atoms with van der Waals surface area (Å²) in [4.78, 5) is 0. The predicted octanol–water partition coefficient (Wildman–Crippen LogP) is 3.90. The second-order valence-corrected chi connectivity index (χ2v) is 5.04. The summed E-state index contributed by atoms with van der Waals surface area (Å²) in [7, 11) is 0. The third kappa shape index (κ3) is 5.98. The summed E-state index contributed by atoms with van der Waals surface area (Å²) in [5.41, 5.74) is -1.87. The standard InChI is InChI=1S/C12H16F3NS/c1-9-3-5-11(6-4-9)10(2)16-7-8-17-12(13,14)15/h3-6,10,16H,7-8H2,1-2H3/t10-/m0/s1. The third-order valence-corrected chi connectivity index (χ3v) is 3.13. The average Bonchev–Trinajstić information content (AvgIpc) is 2.24. The van der Waals surface area contributed by atoms with Crippen molar-refractivity contribution in [3.05, 3.63) is 35.4 Å². The summed E-state index contributed by atoms with van der Waals surface area (Å²) in [5, 5.41) is 3.07. The lowest BCUT2D eigenvalue weighted by molar-refractivity contribution is -0.0327. The van der Waals surface area contributed by atoms with Crippen molar-refractivity contribution in [2.75, 3.05) is 12.3 Å². The summed E-state index contributed by atoms with van der Waals surface area (Å²) in [5.74, 6) is 0.0414. The number of aryl methyl sites for hydroxylation is 1. The highest BCUT2D eigenvalue weighted by Gasteiger charge is 2.27. The molecule has 17 heavy (non-hydrogen) atoms. The van der Waals surface area contributed by atoms with Crippen molar-refractivity contribution in [1.29, 1.82) is 0 Å². The Balaban J connectivity index is 2.30. The van der Waals surface area contributed by atoms with Gasteiger partial charge in [-0.3, -0.25) is 0 Å². The molecule has 0 radical (unpaired) electrons. The Bertz CT molecular complexity index is 335. The summed E-state index contributed by atoms with van der Waals surface area (Å²) >= 11 is 0.0107. The van der Waals surface area contributed by atoms with Crippen molar-refractivity contribution >= 4 is 11.8 Å². The minimum atomic E-state index is -4.13. The normalized spacial score (nSPS) is 13.7. The van der Waals surface area contributed by atoms with Crippen LogP contribution in [0.5, 0.6) is 0 Å². The molecule has 1 nitrogen and oxygen atoms in total. The second kappa shape index (κ2) is 6.31. The van der Waals surface area contributed by atoms with E-state index in [-0.39, 0.29) is 23.6 Å². The van der Waals surface area contributed by atoms with Crippen LogP contribution in [0.15, 0.2) is 24.3 Å². The molecule has 0 saturated carbocycles. The van der Waals surface area contributed by atoms with Crippen LogP contribution in [0.3, 0.4) is 0 Å². The number of benzene rings is 1. The van der Waals surface area contributed by atoms with Crippen molar-refractivity contribution < 1.29 is 13.2 Å². The van der Waals surface area contributed by atoms with E-state index in [2.05, 4.69) is 5.32 Å². The van der Waals surface area contributed by atoms with Gasteiger partial charge < -0.3 is 5.32 Å². The molecule has 0 aliphatic carbocycles. The molecule has 0 aliphatic rings. The zero-order valence-electron chi connectivity index (χ0n) is 9.84. The first-order chi connectivity index (χ1) is 7.88. The van der Waals surface area contributed by atoms with Gasteiger partial charge in [0.1, 0.15) is 0 Å². The molecule has 0 aliphatic heterocycles. The van der Waals surface area contributed by atoms with Crippen molar-refractivity contribution in [1.82, 2.24) is 5.32 Å². The highest BCUT2D eigenvalue weighted by atomic mass is 32.2. The average molecular weight is 263 g/mol. The molecule has 96 valence electrons. The fourth-order valence-electron chi connectivity index (χ4n) is 1.42. The first-order valence-electron chi connectivity index (χ1n) is 5.39. The number of halogens is 3. The van der Waals surface area contributed by atoms with Crippen LogP contribution in [0, 0.1) is 6.92 Å². The molecule has 0 fully saturated rings. The maximum atomic E-state index is 11.9. The topological polar surface area (TPSA) is 12.0 Å². The molecular formula is C12H16F3NS. The van der Waals surface area contributed by atoms with Crippen LogP contribution in [-0.2, 0) is 0 Å². The van der Waals surface area contributed by atoms with Gasteiger partial charge in [-0.15, -0.1) is 0 Å². The number of alkyl halides is 3. The number of hydrogen-bond donors (Lipinski definition) is 1. The van der Waals surface area contributed by atoms with Crippen molar-refractivity contribution in [3.63, 3.8) is 0 Å². The smallest absolute Gasteiger partial charge is 0.309 e. The molecular weight excluding hydrogens is 247 g/mol. The van der Waals surface area contributed by atoms with E-state index in [1.54, 1.807) is 0 Å². The highest BCUT2D eigenvalue weighted by molar-refractivity contribution is 8.00. The molecule has 0 heterocycles. The number of thioether (sulfide) groups is 1. The third-order valence-electron chi connectivity index (χ3n) is 2.40. The highest BCUT2D eigenvalue weighted by Crippen LogP contribution is 2.29. The van der Waals surface area contributed by atoms with Gasteiger partial charge in [0, 0.05) is 18.3 Å².